The van der Waals surface area contributed by atoms with E-state index in [0.29, 0.717) is 5.69 Å². The standard InChI is InChI=1S/C8H11BrN2O2S/c1-5-3-7(10-11-14(12)13)4-8(9)6(5)2/h3-4,10,14H,1-2H3,(H,11,12,13). The predicted molar refractivity (Wildman–Crippen MR) is 60.7 cm³/mol. The Bertz CT molecular complexity index is 387. The highest BCUT2D eigenvalue weighted by Gasteiger charge is 2.01. The van der Waals surface area contributed by atoms with E-state index in [9.17, 15) is 8.42 Å². The summed E-state index contributed by atoms with van der Waals surface area (Å²) in [5.41, 5.74) is 5.51. The van der Waals surface area contributed by atoms with Gasteiger partial charge in [0.2, 0.25) is 10.9 Å². The van der Waals surface area contributed by atoms with E-state index in [1.54, 1.807) is 0 Å². The Morgan fingerprint density at radius 1 is 1.29 bits per heavy atom. The van der Waals surface area contributed by atoms with Crippen molar-refractivity contribution in [3.63, 3.8) is 0 Å². The summed E-state index contributed by atoms with van der Waals surface area (Å²) in [6.45, 7) is 3.95. The minimum atomic E-state index is -2.63. The molecule has 6 heteroatoms. The Morgan fingerprint density at radius 3 is 2.43 bits per heavy atom. The molecule has 1 aromatic carbocycles. The van der Waals surface area contributed by atoms with Gasteiger partial charge in [0, 0.05) is 4.47 Å². The topological polar surface area (TPSA) is 58.2 Å². The SMILES string of the molecule is Cc1cc(NN[SH](=O)=O)cc(Br)c1C. The van der Waals surface area contributed by atoms with Gasteiger partial charge >= 0.3 is 0 Å². The molecule has 0 aliphatic carbocycles. The number of rotatable bonds is 3. The number of nitrogens with one attached hydrogen (secondary N) is 2. The average Bonchev–Trinajstić information content (AvgIpc) is 2.10. The van der Waals surface area contributed by atoms with Crippen molar-refractivity contribution in [1.29, 1.82) is 0 Å². The van der Waals surface area contributed by atoms with Crippen LogP contribution in [0.25, 0.3) is 0 Å². The van der Waals surface area contributed by atoms with Crippen LogP contribution >= 0.6 is 15.9 Å². The van der Waals surface area contributed by atoms with Crippen LogP contribution in [0.5, 0.6) is 0 Å². The fourth-order valence-electron chi connectivity index (χ4n) is 0.999. The first-order chi connectivity index (χ1) is 6.50. The van der Waals surface area contributed by atoms with Crippen molar-refractivity contribution in [2.45, 2.75) is 13.8 Å². The van der Waals surface area contributed by atoms with Crippen LogP contribution in [0, 0.1) is 13.8 Å². The van der Waals surface area contributed by atoms with Crippen LogP contribution in [-0.4, -0.2) is 8.42 Å². The maximum atomic E-state index is 10.3. The Hall–Kier alpha value is -0.590. The number of thiol groups is 1. The number of anilines is 1. The molecule has 1 aromatic rings. The molecule has 14 heavy (non-hydrogen) atoms. The first-order valence-electron chi connectivity index (χ1n) is 3.93. The van der Waals surface area contributed by atoms with Crippen LogP contribution in [0.2, 0.25) is 0 Å². The lowest BCUT2D eigenvalue weighted by atomic mass is 10.1. The number of hydrazine groups is 1. The van der Waals surface area contributed by atoms with Crippen molar-refractivity contribution in [3.8, 4) is 0 Å². The normalized spacial score (nSPS) is 10.6. The summed E-state index contributed by atoms with van der Waals surface area (Å²) >= 11 is 3.39. The first kappa shape index (κ1) is 11.5. The van der Waals surface area contributed by atoms with Crippen LogP contribution in [-0.2, 0) is 10.9 Å². The molecule has 0 heterocycles. The van der Waals surface area contributed by atoms with E-state index in [0.717, 1.165) is 15.6 Å². The van der Waals surface area contributed by atoms with Gasteiger partial charge in [-0.2, -0.15) is 0 Å². The van der Waals surface area contributed by atoms with Gasteiger partial charge in [0.15, 0.2) is 0 Å². The molecular weight excluding hydrogens is 268 g/mol. The van der Waals surface area contributed by atoms with Crippen LogP contribution < -0.4 is 10.3 Å². The second kappa shape index (κ2) is 4.77. The number of benzene rings is 1. The number of halogens is 1. The van der Waals surface area contributed by atoms with E-state index < -0.39 is 10.9 Å². The number of aryl methyl sites for hydroxylation is 1. The molecular formula is C8H11BrN2O2S. The van der Waals surface area contributed by atoms with E-state index in [-0.39, 0.29) is 0 Å². The number of hydrogen-bond donors (Lipinski definition) is 3. The molecule has 0 aromatic heterocycles. The van der Waals surface area contributed by atoms with Gasteiger partial charge < -0.3 is 5.43 Å². The molecule has 0 saturated heterocycles. The zero-order valence-corrected chi connectivity index (χ0v) is 10.3. The molecule has 1 rings (SSSR count). The van der Waals surface area contributed by atoms with Gasteiger partial charge in [0.1, 0.15) is 0 Å². The molecule has 0 atom stereocenters. The molecule has 0 aliphatic heterocycles. The summed E-state index contributed by atoms with van der Waals surface area (Å²) < 4.78 is 21.5. The molecule has 0 bridgehead atoms. The van der Waals surface area contributed by atoms with Crippen molar-refractivity contribution < 1.29 is 8.42 Å². The third-order valence-corrected chi connectivity index (χ3v) is 3.01. The van der Waals surface area contributed by atoms with Crippen molar-refractivity contribution in [3.05, 3.63) is 27.7 Å². The summed E-state index contributed by atoms with van der Waals surface area (Å²) in [7, 11) is -2.63. The molecule has 0 spiro atoms. The van der Waals surface area contributed by atoms with Crippen LogP contribution in [0.15, 0.2) is 16.6 Å². The van der Waals surface area contributed by atoms with Gasteiger partial charge in [-0.3, -0.25) is 0 Å². The molecule has 0 aliphatic rings. The van der Waals surface area contributed by atoms with Crippen LogP contribution in [0.3, 0.4) is 0 Å². The van der Waals surface area contributed by atoms with Crippen LogP contribution in [0.4, 0.5) is 5.69 Å². The van der Waals surface area contributed by atoms with E-state index in [2.05, 4.69) is 26.2 Å². The summed E-state index contributed by atoms with van der Waals surface area (Å²) in [6, 6.07) is 3.68. The van der Waals surface area contributed by atoms with Crippen LogP contribution in [0.1, 0.15) is 11.1 Å². The second-order valence-electron chi connectivity index (χ2n) is 2.89. The molecule has 0 amide bonds. The summed E-state index contributed by atoms with van der Waals surface area (Å²) in [4.78, 5) is 2.12. The third-order valence-electron chi connectivity index (χ3n) is 1.90. The van der Waals surface area contributed by atoms with Crippen molar-refractivity contribution in [1.82, 2.24) is 4.83 Å². The van der Waals surface area contributed by atoms with E-state index in [1.807, 2.05) is 26.0 Å². The monoisotopic (exact) mass is 278 g/mol. The quantitative estimate of drug-likeness (QED) is 0.580. The zero-order valence-electron chi connectivity index (χ0n) is 7.80. The van der Waals surface area contributed by atoms with Crippen molar-refractivity contribution in [2.24, 2.45) is 0 Å². The third kappa shape index (κ3) is 2.97. The van der Waals surface area contributed by atoms with E-state index in [1.165, 1.54) is 0 Å². The van der Waals surface area contributed by atoms with Crippen molar-refractivity contribution >= 4 is 32.5 Å². The fourth-order valence-corrected chi connectivity index (χ4v) is 1.78. The molecule has 0 unspecified atom stereocenters. The van der Waals surface area contributed by atoms with E-state index >= 15 is 0 Å². The lowest BCUT2D eigenvalue weighted by molar-refractivity contribution is 0.607. The van der Waals surface area contributed by atoms with Gasteiger partial charge in [-0.25, -0.2) is 8.42 Å². The largest absolute Gasteiger partial charge is 0.308 e. The predicted octanol–water partition coefficient (Wildman–Crippen LogP) is 1.51. The number of hydrogen-bond acceptors (Lipinski definition) is 3. The Kier molecular flexibility index (Phi) is 3.91. The summed E-state index contributed by atoms with van der Waals surface area (Å²) in [5, 5.41) is 0. The highest BCUT2D eigenvalue weighted by Crippen LogP contribution is 2.23. The Balaban J connectivity index is 2.89. The van der Waals surface area contributed by atoms with E-state index in [4.69, 9.17) is 0 Å². The molecule has 78 valence electrons. The highest BCUT2D eigenvalue weighted by molar-refractivity contribution is 9.10. The first-order valence-corrected chi connectivity index (χ1v) is 5.90. The maximum absolute atomic E-state index is 10.3. The van der Waals surface area contributed by atoms with Gasteiger partial charge in [-0.05, 0) is 37.1 Å². The summed E-state index contributed by atoms with van der Waals surface area (Å²) in [5.74, 6) is 0. The average molecular weight is 279 g/mol. The smallest absolute Gasteiger partial charge is 0.218 e. The highest BCUT2D eigenvalue weighted by atomic mass is 79.9. The zero-order chi connectivity index (χ0) is 10.7. The van der Waals surface area contributed by atoms with Gasteiger partial charge in [0.25, 0.3) is 0 Å². The fraction of sp³-hybridized carbons (Fsp3) is 0.250. The Labute approximate surface area is 92.9 Å². The second-order valence-corrected chi connectivity index (χ2v) is 4.49. The maximum Gasteiger partial charge on any atom is 0.218 e. The lowest BCUT2D eigenvalue weighted by Gasteiger charge is -2.08. The molecule has 4 nitrogen and oxygen atoms in total. The Morgan fingerprint density at radius 2 is 1.93 bits per heavy atom. The van der Waals surface area contributed by atoms with Gasteiger partial charge in [-0.15, -0.1) is 4.83 Å². The molecule has 0 saturated carbocycles. The van der Waals surface area contributed by atoms with Gasteiger partial charge in [0.05, 0.1) is 5.69 Å². The minimum Gasteiger partial charge on any atom is -0.308 e. The molecule has 0 fully saturated rings. The van der Waals surface area contributed by atoms with Gasteiger partial charge in [-0.1, -0.05) is 15.9 Å². The molecule has 0 radical (unpaired) electrons. The van der Waals surface area contributed by atoms with Crippen molar-refractivity contribution in [2.75, 3.05) is 5.43 Å². The minimum absolute atomic E-state index is 0.708. The molecule has 2 N–H and O–H groups in total. The summed E-state index contributed by atoms with van der Waals surface area (Å²) in [6.07, 6.45) is 0. The lowest BCUT2D eigenvalue weighted by Crippen LogP contribution is -2.19.